The van der Waals surface area contributed by atoms with E-state index in [1.165, 1.54) is 6.08 Å². The SMILES string of the molecule is O=C=Nc1ccc(SCF)cc1. The van der Waals surface area contributed by atoms with Gasteiger partial charge >= 0.3 is 0 Å². The third kappa shape index (κ3) is 2.49. The Bertz CT molecular complexity index is 292. The highest BCUT2D eigenvalue weighted by Gasteiger charge is 1.92. The molecular weight excluding hydrogens is 177 g/mol. The summed E-state index contributed by atoms with van der Waals surface area (Å²) in [6, 6.07) is 6.25. The Morgan fingerprint density at radius 2 is 2.08 bits per heavy atom. The Kier molecular flexibility index (Phi) is 3.51. The van der Waals surface area contributed by atoms with Gasteiger partial charge in [-0.05, 0) is 24.3 Å². The molecule has 0 atom stereocenters. The number of carbonyl (C=O) groups excluding carboxylic acids is 1. The van der Waals surface area contributed by atoms with Crippen LogP contribution in [-0.2, 0) is 4.79 Å². The van der Waals surface area contributed by atoms with Crippen molar-refractivity contribution in [2.24, 2.45) is 4.99 Å². The molecule has 0 amide bonds. The van der Waals surface area contributed by atoms with Gasteiger partial charge in [0.1, 0.15) is 6.01 Å². The molecule has 0 heterocycles. The first-order valence-corrected chi connectivity index (χ1v) is 4.22. The van der Waals surface area contributed by atoms with Crippen LogP contribution in [0.25, 0.3) is 0 Å². The number of rotatable bonds is 3. The minimum absolute atomic E-state index is 0.448. The lowest BCUT2D eigenvalue weighted by Crippen LogP contribution is -1.70. The van der Waals surface area contributed by atoms with Gasteiger partial charge in [-0.25, -0.2) is 9.18 Å². The number of nitrogens with zero attached hydrogens (tertiary/aromatic N) is 1. The van der Waals surface area contributed by atoms with Crippen molar-refractivity contribution in [1.82, 2.24) is 0 Å². The summed E-state index contributed by atoms with van der Waals surface area (Å²) in [4.78, 5) is 14.0. The zero-order valence-corrected chi connectivity index (χ0v) is 6.97. The van der Waals surface area contributed by atoms with Gasteiger partial charge in [-0.3, -0.25) is 0 Å². The van der Waals surface area contributed by atoms with Gasteiger partial charge in [0.2, 0.25) is 6.08 Å². The van der Waals surface area contributed by atoms with Crippen LogP contribution >= 0.6 is 11.8 Å². The van der Waals surface area contributed by atoms with E-state index in [4.69, 9.17) is 0 Å². The molecule has 0 unspecified atom stereocenters. The summed E-state index contributed by atoms with van der Waals surface area (Å²) in [7, 11) is 0. The lowest BCUT2D eigenvalue weighted by atomic mass is 10.3. The molecule has 0 bridgehead atoms. The zero-order chi connectivity index (χ0) is 8.81. The molecule has 0 aliphatic rings. The number of hydrogen-bond acceptors (Lipinski definition) is 3. The molecule has 0 aliphatic carbocycles. The topological polar surface area (TPSA) is 29.4 Å². The van der Waals surface area contributed by atoms with Crippen molar-refractivity contribution in [1.29, 1.82) is 0 Å². The first-order chi connectivity index (χ1) is 5.86. The summed E-state index contributed by atoms with van der Waals surface area (Å²) in [5.41, 5.74) is 0.535. The summed E-state index contributed by atoms with van der Waals surface area (Å²) < 4.78 is 11.8. The van der Waals surface area contributed by atoms with Crippen LogP contribution in [0, 0.1) is 0 Å². The molecule has 0 spiro atoms. The highest BCUT2D eigenvalue weighted by Crippen LogP contribution is 2.21. The van der Waals surface area contributed by atoms with E-state index in [-0.39, 0.29) is 0 Å². The summed E-state index contributed by atoms with van der Waals surface area (Å²) in [5, 5.41) is 0. The first-order valence-electron chi connectivity index (χ1n) is 3.23. The minimum Gasteiger partial charge on any atom is -0.239 e. The number of benzene rings is 1. The van der Waals surface area contributed by atoms with Crippen molar-refractivity contribution in [3.63, 3.8) is 0 Å². The van der Waals surface area contributed by atoms with Gasteiger partial charge in [-0.1, -0.05) is 11.8 Å². The van der Waals surface area contributed by atoms with Gasteiger partial charge in [0.05, 0.1) is 5.69 Å². The van der Waals surface area contributed by atoms with Crippen molar-refractivity contribution in [2.45, 2.75) is 4.90 Å². The van der Waals surface area contributed by atoms with Gasteiger partial charge in [0.25, 0.3) is 0 Å². The van der Waals surface area contributed by atoms with Crippen LogP contribution in [0.2, 0.25) is 0 Å². The van der Waals surface area contributed by atoms with Crippen LogP contribution < -0.4 is 0 Å². The largest absolute Gasteiger partial charge is 0.240 e. The van der Waals surface area contributed by atoms with E-state index >= 15 is 0 Å². The van der Waals surface area contributed by atoms with Crippen LogP contribution in [0.15, 0.2) is 34.2 Å². The second-order valence-corrected chi connectivity index (χ2v) is 2.93. The van der Waals surface area contributed by atoms with Gasteiger partial charge in [0, 0.05) is 4.90 Å². The van der Waals surface area contributed by atoms with Gasteiger partial charge in [-0.15, -0.1) is 0 Å². The fraction of sp³-hybridized carbons (Fsp3) is 0.125. The Morgan fingerprint density at radius 1 is 1.42 bits per heavy atom. The molecule has 4 heteroatoms. The molecule has 0 fully saturated rings. The monoisotopic (exact) mass is 183 g/mol. The average Bonchev–Trinajstić information content (AvgIpc) is 2.09. The second kappa shape index (κ2) is 4.70. The molecule has 0 saturated carbocycles. The quantitative estimate of drug-likeness (QED) is 0.409. The minimum atomic E-state index is -0.448. The number of halogens is 1. The Balaban J connectivity index is 2.77. The zero-order valence-electron chi connectivity index (χ0n) is 6.16. The van der Waals surface area contributed by atoms with Crippen molar-refractivity contribution >= 4 is 23.5 Å². The van der Waals surface area contributed by atoms with E-state index in [0.29, 0.717) is 5.69 Å². The molecule has 12 heavy (non-hydrogen) atoms. The van der Waals surface area contributed by atoms with Gasteiger partial charge in [0.15, 0.2) is 0 Å². The maximum absolute atomic E-state index is 11.8. The number of thioether (sulfide) groups is 1. The van der Waals surface area contributed by atoms with Crippen molar-refractivity contribution in [3.8, 4) is 0 Å². The van der Waals surface area contributed by atoms with Crippen LogP contribution in [-0.4, -0.2) is 12.1 Å². The lowest BCUT2D eigenvalue weighted by molar-refractivity contribution is 0.565. The molecule has 1 aromatic carbocycles. The van der Waals surface area contributed by atoms with Crippen molar-refractivity contribution in [2.75, 3.05) is 6.01 Å². The number of hydrogen-bond donors (Lipinski definition) is 0. The lowest BCUT2D eigenvalue weighted by Gasteiger charge is -1.95. The Morgan fingerprint density at radius 3 is 2.58 bits per heavy atom. The highest BCUT2D eigenvalue weighted by atomic mass is 32.2. The molecule has 0 aromatic heterocycles. The van der Waals surface area contributed by atoms with Crippen LogP contribution in [0.1, 0.15) is 0 Å². The molecule has 2 nitrogen and oxygen atoms in total. The van der Waals surface area contributed by atoms with Crippen LogP contribution in [0.5, 0.6) is 0 Å². The standard InChI is InChI=1S/C8H6FNOS/c9-5-12-8-3-1-7(2-4-8)10-6-11/h1-4H,5H2. The van der Waals surface area contributed by atoms with Crippen molar-refractivity contribution in [3.05, 3.63) is 24.3 Å². The summed E-state index contributed by atoms with van der Waals surface area (Å²) in [5.74, 6) is 0. The average molecular weight is 183 g/mol. The molecule has 0 N–H and O–H groups in total. The summed E-state index contributed by atoms with van der Waals surface area (Å²) >= 11 is 1.10. The highest BCUT2D eigenvalue weighted by molar-refractivity contribution is 7.99. The molecule has 1 aromatic rings. The predicted octanol–water partition coefficient (Wildman–Crippen LogP) is 2.67. The molecule has 0 radical (unpaired) electrons. The molecule has 62 valence electrons. The van der Waals surface area contributed by atoms with Crippen LogP contribution in [0.3, 0.4) is 0 Å². The fourth-order valence-electron chi connectivity index (χ4n) is 0.733. The predicted molar refractivity (Wildman–Crippen MR) is 46.1 cm³/mol. The second-order valence-electron chi connectivity index (χ2n) is 1.95. The third-order valence-electron chi connectivity index (χ3n) is 1.23. The maximum Gasteiger partial charge on any atom is 0.240 e. The van der Waals surface area contributed by atoms with Crippen molar-refractivity contribution < 1.29 is 9.18 Å². The summed E-state index contributed by atoms with van der Waals surface area (Å²) in [6.07, 6.45) is 1.43. The Labute approximate surface area is 73.5 Å². The van der Waals surface area contributed by atoms with Crippen LogP contribution in [0.4, 0.5) is 10.1 Å². The van der Waals surface area contributed by atoms with E-state index in [9.17, 15) is 9.18 Å². The fourth-order valence-corrected chi connectivity index (χ4v) is 1.19. The van der Waals surface area contributed by atoms with Gasteiger partial charge in [-0.2, -0.15) is 4.99 Å². The van der Waals surface area contributed by atoms with E-state index in [0.717, 1.165) is 16.7 Å². The Hall–Kier alpha value is -1.12. The molecular formula is C8H6FNOS. The maximum atomic E-state index is 11.8. The third-order valence-corrected chi connectivity index (χ3v) is 1.95. The molecule has 0 saturated heterocycles. The van der Waals surface area contributed by atoms with E-state index in [2.05, 4.69) is 4.99 Å². The molecule has 0 aliphatic heterocycles. The normalized spacial score (nSPS) is 9.08. The first kappa shape index (κ1) is 8.97. The summed E-state index contributed by atoms with van der Waals surface area (Å²) in [6.45, 7) is 0. The van der Waals surface area contributed by atoms with E-state index < -0.39 is 6.01 Å². The van der Waals surface area contributed by atoms with Gasteiger partial charge < -0.3 is 0 Å². The molecule has 1 rings (SSSR count). The smallest absolute Gasteiger partial charge is 0.239 e. The van der Waals surface area contributed by atoms with E-state index in [1.807, 2.05) is 0 Å². The number of alkyl halides is 1. The number of isocyanates is 1. The number of aliphatic imine (C=N–C) groups is 1. The van der Waals surface area contributed by atoms with E-state index in [1.54, 1.807) is 24.3 Å².